The molecule has 1 amide bonds. The van der Waals surface area contributed by atoms with E-state index in [1.807, 2.05) is 6.92 Å². The lowest BCUT2D eigenvalue weighted by Gasteiger charge is -2.13. The van der Waals surface area contributed by atoms with Gasteiger partial charge in [-0.15, -0.1) is 0 Å². The maximum Gasteiger partial charge on any atom is 0.243 e. The van der Waals surface area contributed by atoms with Crippen LogP contribution in [-0.4, -0.2) is 11.9 Å². The zero-order valence-electron chi connectivity index (χ0n) is 8.26. The molecule has 0 bridgehead atoms. The van der Waals surface area contributed by atoms with Gasteiger partial charge in [0.05, 0.1) is 0 Å². The van der Waals surface area contributed by atoms with Crippen molar-refractivity contribution in [2.45, 2.75) is 39.7 Å². The number of carbonyl (C=O) groups is 1. The summed E-state index contributed by atoms with van der Waals surface area (Å²) >= 11 is 0. The summed E-state index contributed by atoms with van der Waals surface area (Å²) in [6.45, 7) is 9.78. The molecule has 0 aliphatic rings. The fraction of sp³-hybridized carbons (Fsp3) is 0.700. The van der Waals surface area contributed by atoms with Gasteiger partial charge in [-0.1, -0.05) is 20.4 Å². The molecule has 0 aromatic rings. The average Bonchev–Trinajstić information content (AvgIpc) is 2.00. The first-order valence-corrected chi connectivity index (χ1v) is 4.49. The SMILES string of the molecule is C=CC(=O)NC(C)CCC(C)C. The van der Waals surface area contributed by atoms with Gasteiger partial charge in [0.15, 0.2) is 0 Å². The monoisotopic (exact) mass is 169 g/mol. The highest BCUT2D eigenvalue weighted by Gasteiger charge is 2.04. The Labute approximate surface area is 75.0 Å². The zero-order chi connectivity index (χ0) is 9.56. The molecule has 70 valence electrons. The van der Waals surface area contributed by atoms with E-state index in [1.165, 1.54) is 6.08 Å². The molecule has 2 nitrogen and oxygen atoms in total. The summed E-state index contributed by atoms with van der Waals surface area (Å²) in [5.74, 6) is 0.624. The second-order valence-electron chi connectivity index (χ2n) is 3.58. The highest BCUT2D eigenvalue weighted by atomic mass is 16.1. The molecular weight excluding hydrogens is 150 g/mol. The van der Waals surface area contributed by atoms with Gasteiger partial charge in [0, 0.05) is 6.04 Å². The fourth-order valence-electron chi connectivity index (χ4n) is 0.957. The van der Waals surface area contributed by atoms with Crippen molar-refractivity contribution in [2.75, 3.05) is 0 Å². The Kier molecular flexibility index (Phi) is 5.43. The third-order valence-electron chi connectivity index (χ3n) is 1.75. The molecule has 0 heterocycles. The van der Waals surface area contributed by atoms with Gasteiger partial charge in [-0.2, -0.15) is 0 Å². The van der Waals surface area contributed by atoms with Crippen LogP contribution in [0.1, 0.15) is 33.6 Å². The Hall–Kier alpha value is -0.790. The van der Waals surface area contributed by atoms with Gasteiger partial charge < -0.3 is 5.32 Å². The number of carbonyl (C=O) groups excluding carboxylic acids is 1. The molecule has 1 unspecified atom stereocenters. The van der Waals surface area contributed by atoms with Crippen molar-refractivity contribution in [3.8, 4) is 0 Å². The summed E-state index contributed by atoms with van der Waals surface area (Å²) in [5, 5.41) is 2.83. The molecule has 12 heavy (non-hydrogen) atoms. The van der Waals surface area contributed by atoms with Crippen LogP contribution in [-0.2, 0) is 4.79 Å². The number of hydrogen-bond donors (Lipinski definition) is 1. The summed E-state index contributed by atoms with van der Waals surface area (Å²) in [6, 6.07) is 0.262. The molecule has 1 N–H and O–H groups in total. The first-order chi connectivity index (χ1) is 5.56. The fourth-order valence-corrected chi connectivity index (χ4v) is 0.957. The molecule has 0 aliphatic heterocycles. The van der Waals surface area contributed by atoms with Gasteiger partial charge in [0.25, 0.3) is 0 Å². The van der Waals surface area contributed by atoms with Crippen LogP contribution in [0.4, 0.5) is 0 Å². The summed E-state index contributed by atoms with van der Waals surface area (Å²) in [5.41, 5.74) is 0. The van der Waals surface area contributed by atoms with Crippen LogP contribution >= 0.6 is 0 Å². The molecule has 0 fully saturated rings. The molecule has 0 saturated carbocycles. The molecule has 0 radical (unpaired) electrons. The second kappa shape index (κ2) is 5.81. The smallest absolute Gasteiger partial charge is 0.243 e. The van der Waals surface area contributed by atoms with Gasteiger partial charge in [0.2, 0.25) is 5.91 Å². The van der Waals surface area contributed by atoms with Gasteiger partial charge in [-0.25, -0.2) is 0 Å². The van der Waals surface area contributed by atoms with Crippen LogP contribution in [0, 0.1) is 5.92 Å². The van der Waals surface area contributed by atoms with Gasteiger partial charge >= 0.3 is 0 Å². The lowest BCUT2D eigenvalue weighted by atomic mass is 10.0. The van der Waals surface area contributed by atoms with Gasteiger partial charge in [-0.05, 0) is 31.8 Å². The Morgan fingerprint density at radius 1 is 1.42 bits per heavy atom. The highest BCUT2D eigenvalue weighted by Crippen LogP contribution is 2.05. The van der Waals surface area contributed by atoms with E-state index in [4.69, 9.17) is 0 Å². The predicted octanol–water partition coefficient (Wildman–Crippen LogP) is 2.11. The van der Waals surface area contributed by atoms with Crippen LogP contribution in [0.3, 0.4) is 0 Å². The molecule has 0 aromatic heterocycles. The third-order valence-corrected chi connectivity index (χ3v) is 1.75. The first-order valence-electron chi connectivity index (χ1n) is 4.49. The van der Waals surface area contributed by atoms with Crippen LogP contribution in [0.15, 0.2) is 12.7 Å². The van der Waals surface area contributed by atoms with Crippen molar-refractivity contribution in [2.24, 2.45) is 5.92 Å². The molecule has 2 heteroatoms. The third kappa shape index (κ3) is 5.96. The summed E-state index contributed by atoms with van der Waals surface area (Å²) in [4.78, 5) is 10.8. The maximum absolute atomic E-state index is 10.8. The Morgan fingerprint density at radius 3 is 2.42 bits per heavy atom. The van der Waals surface area contributed by atoms with Crippen LogP contribution in [0.25, 0.3) is 0 Å². The lowest BCUT2D eigenvalue weighted by molar-refractivity contribution is -0.117. The van der Waals surface area contributed by atoms with E-state index in [0.29, 0.717) is 5.92 Å². The van der Waals surface area contributed by atoms with Crippen molar-refractivity contribution >= 4 is 5.91 Å². The van der Waals surface area contributed by atoms with Crippen molar-refractivity contribution in [3.05, 3.63) is 12.7 Å². The largest absolute Gasteiger partial charge is 0.350 e. The first kappa shape index (κ1) is 11.2. The van der Waals surface area contributed by atoms with Gasteiger partial charge in [-0.3, -0.25) is 4.79 Å². The Balaban J connectivity index is 3.52. The summed E-state index contributed by atoms with van der Waals surface area (Å²) in [7, 11) is 0. The molecule has 0 aromatic carbocycles. The molecule has 0 saturated heterocycles. The quantitative estimate of drug-likeness (QED) is 0.627. The minimum Gasteiger partial charge on any atom is -0.350 e. The second-order valence-corrected chi connectivity index (χ2v) is 3.58. The Morgan fingerprint density at radius 2 is 2.00 bits per heavy atom. The number of rotatable bonds is 5. The van der Waals surface area contributed by atoms with E-state index in [2.05, 4.69) is 25.7 Å². The van der Waals surface area contributed by atoms with Crippen molar-refractivity contribution in [1.82, 2.24) is 5.32 Å². The van der Waals surface area contributed by atoms with Crippen LogP contribution < -0.4 is 5.32 Å². The molecule has 0 spiro atoms. The topological polar surface area (TPSA) is 29.1 Å². The number of nitrogens with one attached hydrogen (secondary N) is 1. The van der Waals surface area contributed by atoms with E-state index in [9.17, 15) is 4.79 Å². The Bertz CT molecular complexity index is 152. The maximum atomic E-state index is 10.8. The van der Waals surface area contributed by atoms with E-state index in [0.717, 1.165) is 12.8 Å². The van der Waals surface area contributed by atoms with E-state index < -0.39 is 0 Å². The number of amides is 1. The predicted molar refractivity (Wildman–Crippen MR) is 51.9 cm³/mol. The van der Waals surface area contributed by atoms with E-state index >= 15 is 0 Å². The van der Waals surface area contributed by atoms with Crippen LogP contribution in [0.5, 0.6) is 0 Å². The normalized spacial score (nSPS) is 12.7. The standard InChI is InChI=1S/C10H19NO/c1-5-10(12)11-9(4)7-6-8(2)3/h5,8-9H,1,6-7H2,2-4H3,(H,11,12). The summed E-state index contributed by atoms with van der Waals surface area (Å²) in [6.07, 6.45) is 3.50. The molecular formula is C10H19NO. The summed E-state index contributed by atoms with van der Waals surface area (Å²) < 4.78 is 0. The minimum absolute atomic E-state index is 0.0775. The van der Waals surface area contributed by atoms with Crippen molar-refractivity contribution < 1.29 is 4.79 Å². The molecule has 0 rings (SSSR count). The zero-order valence-corrected chi connectivity index (χ0v) is 8.26. The van der Waals surface area contributed by atoms with Crippen molar-refractivity contribution in [1.29, 1.82) is 0 Å². The van der Waals surface area contributed by atoms with Gasteiger partial charge in [0.1, 0.15) is 0 Å². The van der Waals surface area contributed by atoms with Crippen molar-refractivity contribution in [3.63, 3.8) is 0 Å². The van der Waals surface area contributed by atoms with E-state index in [1.54, 1.807) is 0 Å². The van der Waals surface area contributed by atoms with Crippen LogP contribution in [0.2, 0.25) is 0 Å². The molecule has 1 atom stereocenters. The average molecular weight is 169 g/mol. The molecule has 0 aliphatic carbocycles. The minimum atomic E-state index is -0.0775. The number of hydrogen-bond acceptors (Lipinski definition) is 1. The van der Waals surface area contributed by atoms with E-state index in [-0.39, 0.29) is 11.9 Å². The highest BCUT2D eigenvalue weighted by molar-refractivity contribution is 5.87. The lowest BCUT2D eigenvalue weighted by Crippen LogP contribution is -2.31.